The number of aliphatic carboxylic acids is 2. The zero-order valence-corrected chi connectivity index (χ0v) is 9.19. The van der Waals surface area contributed by atoms with Crippen molar-refractivity contribution in [3.63, 3.8) is 0 Å². The lowest BCUT2D eigenvalue weighted by Gasteiger charge is -2.09. The third-order valence-corrected chi connectivity index (χ3v) is 2.24. The Hall–Kier alpha value is -2.64. The molecule has 0 aliphatic carbocycles. The quantitative estimate of drug-likeness (QED) is 0.453. The summed E-state index contributed by atoms with van der Waals surface area (Å²) < 4.78 is 4.79. The molecule has 2 N–H and O–H groups in total. The second-order valence-corrected chi connectivity index (χ2v) is 3.29. The molecule has 1 rings (SSSR count). The topological polar surface area (TPSA) is 127 Å². The minimum atomic E-state index is -2.01. The molecule has 18 heavy (non-hydrogen) atoms. The molecule has 0 unspecified atom stereocenters. The fourth-order valence-corrected chi connectivity index (χ4v) is 1.43. The molecule has 0 spiro atoms. The Bertz CT molecular complexity index is 497. The number of nitro groups is 1. The molecule has 96 valence electrons. The van der Waals surface area contributed by atoms with Gasteiger partial charge in [0.2, 0.25) is 0 Å². The van der Waals surface area contributed by atoms with Gasteiger partial charge in [-0.2, -0.15) is 0 Å². The molecule has 0 atom stereocenters. The van der Waals surface area contributed by atoms with E-state index < -0.39 is 34.0 Å². The van der Waals surface area contributed by atoms with Crippen LogP contribution in [0.4, 0.5) is 5.69 Å². The highest BCUT2D eigenvalue weighted by atomic mass is 16.6. The smallest absolute Gasteiger partial charge is 0.322 e. The van der Waals surface area contributed by atoms with E-state index in [1.165, 1.54) is 13.2 Å². The van der Waals surface area contributed by atoms with Gasteiger partial charge >= 0.3 is 11.9 Å². The Morgan fingerprint density at radius 2 is 1.89 bits per heavy atom. The molecule has 1 aromatic carbocycles. The van der Waals surface area contributed by atoms with Gasteiger partial charge in [0.15, 0.2) is 5.92 Å². The van der Waals surface area contributed by atoms with Crippen LogP contribution in [0.5, 0.6) is 5.75 Å². The van der Waals surface area contributed by atoms with E-state index in [1.807, 2.05) is 0 Å². The fraction of sp³-hybridized carbons (Fsp3) is 0.200. The fourth-order valence-electron chi connectivity index (χ4n) is 1.43. The van der Waals surface area contributed by atoms with Crippen LogP contribution in [0.25, 0.3) is 0 Å². The number of nitro benzene ring substituents is 1. The second-order valence-electron chi connectivity index (χ2n) is 3.29. The number of ether oxygens (including phenoxy) is 1. The summed E-state index contributed by atoms with van der Waals surface area (Å²) in [4.78, 5) is 31.7. The maximum absolute atomic E-state index is 10.9. The molecule has 0 amide bonds. The lowest BCUT2D eigenvalue weighted by molar-refractivity contribution is -0.385. The van der Waals surface area contributed by atoms with E-state index in [0.29, 0.717) is 0 Å². The largest absolute Gasteiger partial charge is 0.497 e. The van der Waals surface area contributed by atoms with Crippen LogP contribution in [0.1, 0.15) is 11.5 Å². The number of nitrogens with zero attached hydrogens (tertiary/aromatic N) is 1. The number of methoxy groups -OCH3 is 1. The minimum Gasteiger partial charge on any atom is -0.497 e. The number of carboxylic acids is 2. The van der Waals surface area contributed by atoms with Gasteiger partial charge in [-0.05, 0) is 12.1 Å². The highest BCUT2D eigenvalue weighted by molar-refractivity contribution is 6.00. The Balaban J connectivity index is 3.46. The molecule has 0 bridgehead atoms. The van der Waals surface area contributed by atoms with E-state index in [4.69, 9.17) is 14.9 Å². The molecule has 0 saturated heterocycles. The van der Waals surface area contributed by atoms with Crippen LogP contribution in [0.2, 0.25) is 0 Å². The van der Waals surface area contributed by atoms with E-state index in [1.54, 1.807) is 0 Å². The van der Waals surface area contributed by atoms with Crippen molar-refractivity contribution < 1.29 is 29.5 Å². The summed E-state index contributed by atoms with van der Waals surface area (Å²) in [5.74, 6) is -5.23. The summed E-state index contributed by atoms with van der Waals surface area (Å²) in [7, 11) is 1.28. The first-order chi connectivity index (χ1) is 8.38. The Labute approximate surface area is 101 Å². The van der Waals surface area contributed by atoms with Gasteiger partial charge in [-0.25, -0.2) is 0 Å². The summed E-state index contributed by atoms with van der Waals surface area (Å²) in [6, 6.07) is 3.29. The zero-order valence-electron chi connectivity index (χ0n) is 9.19. The normalized spacial score (nSPS) is 10.1. The molecular weight excluding hydrogens is 246 g/mol. The molecule has 0 aliphatic heterocycles. The van der Waals surface area contributed by atoms with Gasteiger partial charge in [0.25, 0.3) is 5.69 Å². The molecule has 1 aromatic rings. The first-order valence-corrected chi connectivity index (χ1v) is 4.66. The van der Waals surface area contributed by atoms with Crippen LogP contribution < -0.4 is 4.74 Å². The summed E-state index contributed by atoms with van der Waals surface area (Å²) >= 11 is 0. The average Bonchev–Trinajstić information content (AvgIpc) is 2.27. The van der Waals surface area contributed by atoms with Gasteiger partial charge in [0, 0.05) is 6.07 Å². The number of benzene rings is 1. The van der Waals surface area contributed by atoms with Gasteiger partial charge in [-0.1, -0.05) is 0 Å². The van der Waals surface area contributed by atoms with Crippen LogP contribution in [0, 0.1) is 10.1 Å². The van der Waals surface area contributed by atoms with Gasteiger partial charge in [0.05, 0.1) is 17.6 Å². The van der Waals surface area contributed by atoms with Crippen molar-refractivity contribution in [3.05, 3.63) is 33.9 Å². The van der Waals surface area contributed by atoms with Crippen LogP contribution in [0.3, 0.4) is 0 Å². The predicted octanol–water partition coefficient (Wildman–Crippen LogP) is 0.856. The van der Waals surface area contributed by atoms with Crippen molar-refractivity contribution in [1.29, 1.82) is 0 Å². The first kappa shape index (κ1) is 13.4. The molecular formula is C10H9NO7. The Morgan fingerprint density at radius 1 is 1.33 bits per heavy atom. The summed E-state index contributed by atoms with van der Waals surface area (Å²) in [6.07, 6.45) is 0. The monoisotopic (exact) mass is 255 g/mol. The number of carbonyl (C=O) groups is 2. The van der Waals surface area contributed by atoms with E-state index in [-0.39, 0.29) is 5.75 Å². The number of rotatable bonds is 5. The van der Waals surface area contributed by atoms with E-state index in [0.717, 1.165) is 12.1 Å². The molecule has 0 radical (unpaired) electrons. The minimum absolute atomic E-state index is 0.142. The summed E-state index contributed by atoms with van der Waals surface area (Å²) in [5, 5.41) is 28.4. The average molecular weight is 255 g/mol. The molecule has 0 fully saturated rings. The van der Waals surface area contributed by atoms with Crippen molar-refractivity contribution in [3.8, 4) is 5.75 Å². The molecule has 0 saturated carbocycles. The van der Waals surface area contributed by atoms with Gasteiger partial charge in [-0.3, -0.25) is 19.7 Å². The van der Waals surface area contributed by atoms with Gasteiger partial charge < -0.3 is 14.9 Å². The zero-order chi connectivity index (χ0) is 13.9. The summed E-state index contributed by atoms with van der Waals surface area (Å²) in [6.45, 7) is 0. The Morgan fingerprint density at radius 3 is 2.28 bits per heavy atom. The van der Waals surface area contributed by atoms with Crippen LogP contribution in [0.15, 0.2) is 18.2 Å². The number of carboxylic acid groups (broad SMARTS) is 2. The third-order valence-electron chi connectivity index (χ3n) is 2.24. The van der Waals surface area contributed by atoms with E-state index in [2.05, 4.69) is 0 Å². The number of hydrogen-bond acceptors (Lipinski definition) is 5. The molecule has 0 aromatic heterocycles. The first-order valence-electron chi connectivity index (χ1n) is 4.66. The maximum Gasteiger partial charge on any atom is 0.322 e. The highest BCUT2D eigenvalue weighted by Crippen LogP contribution is 2.30. The van der Waals surface area contributed by atoms with Crippen molar-refractivity contribution >= 4 is 17.6 Å². The predicted molar refractivity (Wildman–Crippen MR) is 57.7 cm³/mol. The Kier molecular flexibility index (Phi) is 3.82. The van der Waals surface area contributed by atoms with Gasteiger partial charge in [-0.15, -0.1) is 0 Å². The lowest BCUT2D eigenvalue weighted by Crippen LogP contribution is -2.22. The highest BCUT2D eigenvalue weighted by Gasteiger charge is 2.34. The SMILES string of the molecule is COc1ccc([N+](=O)[O-])c(C(C(=O)O)C(=O)O)c1. The lowest BCUT2D eigenvalue weighted by atomic mass is 9.97. The van der Waals surface area contributed by atoms with Crippen LogP contribution in [-0.2, 0) is 9.59 Å². The van der Waals surface area contributed by atoms with E-state index in [9.17, 15) is 19.7 Å². The number of hydrogen-bond donors (Lipinski definition) is 2. The standard InChI is InChI=1S/C10H9NO7/c1-18-5-2-3-7(11(16)17)6(4-5)8(9(12)13)10(14)15/h2-4,8H,1H3,(H,12,13)(H,14,15). The molecule has 0 heterocycles. The van der Waals surface area contributed by atoms with Crippen molar-refractivity contribution in [2.75, 3.05) is 7.11 Å². The van der Waals surface area contributed by atoms with Crippen molar-refractivity contribution in [2.24, 2.45) is 0 Å². The summed E-state index contributed by atoms with van der Waals surface area (Å²) in [5.41, 5.74) is -1.01. The van der Waals surface area contributed by atoms with Crippen LogP contribution in [-0.4, -0.2) is 34.2 Å². The molecule has 8 nitrogen and oxygen atoms in total. The third kappa shape index (κ3) is 2.54. The van der Waals surface area contributed by atoms with Gasteiger partial charge in [0.1, 0.15) is 5.75 Å². The van der Waals surface area contributed by atoms with Crippen LogP contribution >= 0.6 is 0 Å². The molecule has 8 heteroatoms. The second kappa shape index (κ2) is 5.13. The molecule has 0 aliphatic rings. The van der Waals surface area contributed by atoms with Crippen molar-refractivity contribution in [2.45, 2.75) is 5.92 Å². The van der Waals surface area contributed by atoms with E-state index >= 15 is 0 Å². The maximum atomic E-state index is 10.9. The van der Waals surface area contributed by atoms with Crippen molar-refractivity contribution in [1.82, 2.24) is 0 Å².